The number of piperidine rings is 1. The van der Waals surface area contributed by atoms with Crippen LogP contribution in [0.4, 0.5) is 0 Å². The maximum absolute atomic E-state index is 14.2. The van der Waals surface area contributed by atoms with Crippen molar-refractivity contribution in [2.24, 2.45) is 5.41 Å². The number of carbonyl (C=O) groups excluding carboxylic acids is 4. The van der Waals surface area contributed by atoms with Crippen molar-refractivity contribution in [2.45, 2.75) is 103 Å². The van der Waals surface area contributed by atoms with Gasteiger partial charge in [-0.15, -0.1) is 11.3 Å². The molecule has 14 heteroatoms. The van der Waals surface area contributed by atoms with E-state index in [0.717, 1.165) is 44.7 Å². The summed E-state index contributed by atoms with van der Waals surface area (Å²) in [6.45, 7) is 9.58. The Labute approximate surface area is 325 Å². The number of esters is 1. The van der Waals surface area contributed by atoms with Crippen LogP contribution >= 0.6 is 11.3 Å². The fourth-order valence-corrected chi connectivity index (χ4v) is 8.98. The van der Waals surface area contributed by atoms with E-state index < -0.39 is 29.5 Å². The summed E-state index contributed by atoms with van der Waals surface area (Å²) in [5, 5.41) is 8.14. The lowest BCUT2D eigenvalue weighted by Gasteiger charge is -2.36. The zero-order valence-corrected chi connectivity index (χ0v) is 33.3. The second-order valence-electron chi connectivity index (χ2n) is 15.7. The summed E-state index contributed by atoms with van der Waals surface area (Å²) in [7, 11) is 3.32. The molecular formula is C41H51N7O6S. The minimum atomic E-state index is -0.976. The summed E-state index contributed by atoms with van der Waals surface area (Å²) >= 11 is 1.43. The Morgan fingerprint density at radius 3 is 2.78 bits per heavy atom. The SMILES string of the molecule is CCn1c(-c2cccnc2[C@H](C)OC)c2c3cc(ccc31)-c1csc(n1)C[C@H](NC(=O)[C@H]1CCCC(=O)N1C)C(=O)N1CCC[C@H](N1)C(=O)OCC(C)(C)C2. The molecule has 4 aromatic rings. The molecule has 0 saturated carbocycles. The van der Waals surface area contributed by atoms with Crippen LogP contribution in [0.2, 0.25) is 0 Å². The van der Waals surface area contributed by atoms with Gasteiger partial charge < -0.3 is 24.3 Å². The number of hydrogen-bond acceptors (Lipinski definition) is 10. The number of aryl methyl sites for hydroxylation is 1. The number of cyclic esters (lactones) is 1. The fourth-order valence-electron chi connectivity index (χ4n) is 8.13. The average Bonchev–Trinajstić information content (AvgIpc) is 3.78. The van der Waals surface area contributed by atoms with Crippen molar-refractivity contribution in [2.75, 3.05) is 27.3 Å². The molecule has 292 valence electrons. The molecule has 3 aliphatic heterocycles. The highest BCUT2D eigenvalue weighted by molar-refractivity contribution is 7.10. The van der Waals surface area contributed by atoms with E-state index in [0.29, 0.717) is 56.6 Å². The highest BCUT2D eigenvalue weighted by Crippen LogP contribution is 2.42. The number of hydrazine groups is 1. The monoisotopic (exact) mass is 769 g/mol. The second kappa shape index (κ2) is 15.8. The molecule has 3 aromatic heterocycles. The van der Waals surface area contributed by atoms with Crippen molar-refractivity contribution >= 4 is 45.9 Å². The first-order valence-corrected chi connectivity index (χ1v) is 20.1. The molecule has 0 unspecified atom stereocenters. The van der Waals surface area contributed by atoms with E-state index in [9.17, 15) is 19.2 Å². The lowest BCUT2D eigenvalue weighted by atomic mass is 9.84. The first-order valence-electron chi connectivity index (χ1n) is 19.3. The van der Waals surface area contributed by atoms with E-state index in [4.69, 9.17) is 19.4 Å². The average molecular weight is 770 g/mol. The number of amides is 3. The van der Waals surface area contributed by atoms with Gasteiger partial charge in [0.05, 0.1) is 34.8 Å². The van der Waals surface area contributed by atoms with E-state index in [1.54, 1.807) is 20.4 Å². The number of ether oxygens (including phenoxy) is 2. The number of rotatable bonds is 6. The van der Waals surface area contributed by atoms with Gasteiger partial charge in [0, 0.05) is 79.1 Å². The molecule has 2 saturated heterocycles. The number of thiazole rings is 1. The minimum absolute atomic E-state index is 0.0961. The van der Waals surface area contributed by atoms with E-state index in [1.165, 1.54) is 21.2 Å². The highest BCUT2D eigenvalue weighted by atomic mass is 32.1. The summed E-state index contributed by atoms with van der Waals surface area (Å²) in [5.74, 6) is -1.28. The minimum Gasteiger partial charge on any atom is -0.464 e. The Balaban J connectivity index is 1.33. The van der Waals surface area contributed by atoms with Crippen LogP contribution < -0.4 is 10.7 Å². The lowest BCUT2D eigenvalue weighted by molar-refractivity contribution is -0.155. The van der Waals surface area contributed by atoms with Crippen LogP contribution in [0.3, 0.4) is 0 Å². The molecule has 2 fully saturated rings. The molecule has 6 bridgehead atoms. The molecule has 13 nitrogen and oxygen atoms in total. The molecule has 3 amide bonds. The van der Waals surface area contributed by atoms with Crippen LogP contribution in [-0.2, 0) is 48.0 Å². The molecule has 1 aromatic carbocycles. The van der Waals surface area contributed by atoms with Crippen molar-refractivity contribution < 1.29 is 28.7 Å². The zero-order chi connectivity index (χ0) is 39.0. The zero-order valence-electron chi connectivity index (χ0n) is 32.5. The summed E-state index contributed by atoms with van der Waals surface area (Å²) < 4.78 is 14.2. The predicted octanol–water partition coefficient (Wildman–Crippen LogP) is 5.21. The van der Waals surface area contributed by atoms with E-state index >= 15 is 0 Å². The van der Waals surface area contributed by atoms with Gasteiger partial charge in [0.25, 0.3) is 5.91 Å². The standard InChI is InChI=1S/C41H51N7O6S/c1-7-47-32-16-15-25-19-27(32)28(37(47)26-11-9-17-42-36(26)24(2)53-6)21-41(3,4)23-54-40(52)29-12-10-18-48(45-29)39(51)30(20-34-43-31(25)22-55-34)44-38(50)33-13-8-14-35(49)46(33)5/h9,11,15-17,19,22,24,29-30,33,45H,7-8,10,12-14,18,20-21,23H2,1-6H3,(H,44,50)/t24-,29-,30-,33+/m0/s1. The number of likely N-dealkylation sites (tertiary alicyclic amines) is 1. The molecule has 4 atom stereocenters. The Bertz CT molecular complexity index is 2110. The van der Waals surface area contributed by atoms with Crippen LogP contribution in [0.15, 0.2) is 41.9 Å². The van der Waals surface area contributed by atoms with Crippen LogP contribution in [0, 0.1) is 5.41 Å². The summed E-state index contributed by atoms with van der Waals surface area (Å²) in [6, 6.07) is 8.07. The molecule has 2 N–H and O–H groups in total. The Kier molecular flexibility index (Phi) is 11.1. The molecule has 0 spiro atoms. The van der Waals surface area contributed by atoms with Gasteiger partial charge in [0.2, 0.25) is 11.8 Å². The van der Waals surface area contributed by atoms with E-state index in [2.05, 4.69) is 60.3 Å². The first kappa shape index (κ1) is 38.6. The third kappa shape index (κ3) is 7.76. The highest BCUT2D eigenvalue weighted by Gasteiger charge is 2.38. The van der Waals surface area contributed by atoms with Gasteiger partial charge >= 0.3 is 5.97 Å². The topological polar surface area (TPSA) is 148 Å². The number of fused-ring (bicyclic) bond motifs is 6. The summed E-state index contributed by atoms with van der Waals surface area (Å²) in [5.41, 5.74) is 9.43. The normalized spacial score (nSPS) is 22.7. The maximum Gasteiger partial charge on any atom is 0.324 e. The molecule has 6 heterocycles. The number of carbonyl (C=O) groups is 4. The maximum atomic E-state index is 14.2. The second-order valence-corrected chi connectivity index (χ2v) is 16.6. The van der Waals surface area contributed by atoms with Gasteiger partial charge in [0.1, 0.15) is 18.1 Å². The first-order chi connectivity index (χ1) is 26.4. The molecule has 55 heavy (non-hydrogen) atoms. The number of hydrogen-bond donors (Lipinski definition) is 2. The van der Waals surface area contributed by atoms with Crippen LogP contribution in [0.5, 0.6) is 0 Å². The van der Waals surface area contributed by atoms with Crippen LogP contribution in [0.1, 0.15) is 82.2 Å². The molecule has 0 radical (unpaired) electrons. The summed E-state index contributed by atoms with van der Waals surface area (Å²) in [4.78, 5) is 65.3. The van der Waals surface area contributed by atoms with Crippen molar-refractivity contribution in [3.63, 3.8) is 0 Å². The van der Waals surface area contributed by atoms with Gasteiger partial charge in [-0.25, -0.2) is 10.4 Å². The molecule has 7 rings (SSSR count). The Morgan fingerprint density at radius 1 is 1.18 bits per heavy atom. The van der Waals surface area contributed by atoms with Crippen molar-refractivity contribution in [3.8, 4) is 22.5 Å². The van der Waals surface area contributed by atoms with Gasteiger partial charge in [0.15, 0.2) is 0 Å². The quantitative estimate of drug-likeness (QED) is 0.252. The third-order valence-corrected chi connectivity index (χ3v) is 12.1. The predicted molar refractivity (Wildman–Crippen MR) is 210 cm³/mol. The van der Waals surface area contributed by atoms with Crippen molar-refractivity contribution in [3.05, 3.63) is 58.2 Å². The van der Waals surface area contributed by atoms with E-state index in [1.807, 2.05) is 18.4 Å². The van der Waals surface area contributed by atoms with Crippen LogP contribution in [0.25, 0.3) is 33.4 Å². The van der Waals surface area contributed by atoms with Gasteiger partial charge in [-0.1, -0.05) is 19.9 Å². The van der Waals surface area contributed by atoms with Gasteiger partial charge in [-0.3, -0.25) is 29.2 Å². The number of benzene rings is 1. The number of methoxy groups -OCH3 is 1. The molecule has 3 aliphatic rings. The number of nitrogens with zero attached hydrogens (tertiary/aromatic N) is 5. The number of nitrogens with one attached hydrogen (secondary N) is 2. The Morgan fingerprint density at radius 2 is 2.00 bits per heavy atom. The van der Waals surface area contributed by atoms with Crippen molar-refractivity contribution in [1.82, 2.24) is 35.2 Å². The Hall–Kier alpha value is -4.66. The summed E-state index contributed by atoms with van der Waals surface area (Å²) in [6.07, 6.45) is 4.91. The van der Waals surface area contributed by atoms with Crippen molar-refractivity contribution in [1.29, 1.82) is 0 Å². The third-order valence-electron chi connectivity index (χ3n) is 11.2. The lowest BCUT2D eigenvalue weighted by Crippen LogP contribution is -2.62. The molecule has 0 aliphatic carbocycles. The molecular weight excluding hydrogens is 719 g/mol. The largest absolute Gasteiger partial charge is 0.464 e. The smallest absolute Gasteiger partial charge is 0.324 e. The van der Waals surface area contributed by atoms with Gasteiger partial charge in [-0.05, 0) is 75.8 Å². The number of pyridine rings is 1. The van der Waals surface area contributed by atoms with E-state index in [-0.39, 0.29) is 36.9 Å². The van der Waals surface area contributed by atoms with Gasteiger partial charge in [-0.2, -0.15) is 0 Å². The number of aromatic nitrogens is 3. The number of likely N-dealkylation sites (N-methyl/N-ethyl adjacent to an activating group) is 1. The fraction of sp³-hybridized carbons (Fsp3) is 0.512. The van der Waals surface area contributed by atoms with Crippen LogP contribution in [-0.4, -0.2) is 93.6 Å².